The van der Waals surface area contributed by atoms with Crippen molar-refractivity contribution >= 4 is 5.82 Å². The molecule has 1 aliphatic carbocycles. The van der Waals surface area contributed by atoms with Crippen molar-refractivity contribution in [2.45, 2.75) is 38.8 Å². The number of ether oxygens (including phenoxy) is 1. The van der Waals surface area contributed by atoms with Crippen LogP contribution in [0, 0.1) is 6.92 Å². The van der Waals surface area contributed by atoms with E-state index in [2.05, 4.69) is 29.3 Å². The van der Waals surface area contributed by atoms with Gasteiger partial charge in [0.05, 0.1) is 5.69 Å². The van der Waals surface area contributed by atoms with Gasteiger partial charge < -0.3 is 15.0 Å². The number of aromatic nitrogens is 2. The van der Waals surface area contributed by atoms with Gasteiger partial charge in [-0.25, -0.2) is 0 Å². The number of rotatable bonds is 8. The smallest absolute Gasteiger partial charge is 0.131 e. The number of nitrogens with one attached hydrogen (secondary N) is 1. The molecule has 0 radical (unpaired) electrons. The van der Waals surface area contributed by atoms with Crippen LogP contribution < -0.4 is 10.2 Å². The predicted molar refractivity (Wildman–Crippen MR) is 77.6 cm³/mol. The maximum atomic E-state index is 5.12. The molecule has 0 saturated heterocycles. The average molecular weight is 266 g/mol. The lowest BCUT2D eigenvalue weighted by Crippen LogP contribution is -2.25. The summed E-state index contributed by atoms with van der Waals surface area (Å²) in [6, 6.07) is 0.728. The monoisotopic (exact) mass is 266 g/mol. The van der Waals surface area contributed by atoms with E-state index >= 15 is 0 Å². The normalized spacial score (nSPS) is 14.9. The number of aryl methyl sites for hydroxylation is 2. The molecular weight excluding hydrogens is 240 g/mol. The number of nitrogens with zero attached hydrogens (tertiary/aromatic N) is 3. The minimum atomic E-state index is 0.728. The molecule has 5 heteroatoms. The summed E-state index contributed by atoms with van der Waals surface area (Å²) in [5.41, 5.74) is 2.46. The minimum Gasteiger partial charge on any atom is -0.385 e. The molecule has 0 atom stereocenters. The molecule has 1 N–H and O–H groups in total. The first-order valence-electron chi connectivity index (χ1n) is 7.09. The van der Waals surface area contributed by atoms with E-state index in [1.807, 2.05) is 11.7 Å². The lowest BCUT2D eigenvalue weighted by molar-refractivity contribution is 0.196. The van der Waals surface area contributed by atoms with E-state index < -0.39 is 0 Å². The first kappa shape index (κ1) is 14.3. The molecule has 1 aromatic heterocycles. The summed E-state index contributed by atoms with van der Waals surface area (Å²) in [6.45, 7) is 4.81. The molecule has 0 aromatic carbocycles. The van der Waals surface area contributed by atoms with E-state index in [9.17, 15) is 0 Å². The Balaban J connectivity index is 2.03. The fourth-order valence-corrected chi connectivity index (χ4v) is 2.46. The third-order valence-corrected chi connectivity index (χ3v) is 3.66. The van der Waals surface area contributed by atoms with E-state index in [-0.39, 0.29) is 0 Å². The highest BCUT2D eigenvalue weighted by Gasteiger charge is 2.23. The molecule has 1 saturated carbocycles. The summed E-state index contributed by atoms with van der Waals surface area (Å²) in [6.07, 6.45) is 3.67. The molecule has 0 bridgehead atoms. The highest BCUT2D eigenvalue weighted by atomic mass is 16.5. The lowest BCUT2D eigenvalue weighted by atomic mass is 10.2. The van der Waals surface area contributed by atoms with Crippen molar-refractivity contribution in [2.75, 3.05) is 32.2 Å². The van der Waals surface area contributed by atoms with Crippen molar-refractivity contribution in [2.24, 2.45) is 7.05 Å². The van der Waals surface area contributed by atoms with Gasteiger partial charge in [-0.1, -0.05) is 0 Å². The number of methoxy groups -OCH3 is 1. The molecule has 2 rings (SSSR count). The van der Waals surface area contributed by atoms with Crippen molar-refractivity contribution in [3.05, 3.63) is 11.3 Å². The van der Waals surface area contributed by atoms with Gasteiger partial charge in [0.2, 0.25) is 0 Å². The fourth-order valence-electron chi connectivity index (χ4n) is 2.46. The molecular formula is C14H26N4O. The molecule has 1 aromatic rings. The first-order valence-corrected chi connectivity index (χ1v) is 7.09. The van der Waals surface area contributed by atoms with Crippen LogP contribution in [0.25, 0.3) is 0 Å². The third kappa shape index (κ3) is 3.70. The summed E-state index contributed by atoms with van der Waals surface area (Å²) in [5.74, 6) is 1.22. The molecule has 0 spiro atoms. The van der Waals surface area contributed by atoms with Crippen molar-refractivity contribution in [1.29, 1.82) is 0 Å². The van der Waals surface area contributed by atoms with E-state index in [1.165, 1.54) is 24.2 Å². The standard InChI is InChI=1S/C14H26N4O/c1-11-13(10-15-12-6-7-12)14(18(3)16-11)17(2)8-5-9-19-4/h12,15H,5-10H2,1-4H3. The van der Waals surface area contributed by atoms with Gasteiger partial charge >= 0.3 is 0 Å². The topological polar surface area (TPSA) is 42.3 Å². The lowest BCUT2D eigenvalue weighted by Gasteiger charge is -2.21. The maximum Gasteiger partial charge on any atom is 0.131 e. The van der Waals surface area contributed by atoms with E-state index in [0.29, 0.717) is 0 Å². The molecule has 0 aliphatic heterocycles. The Bertz CT molecular complexity index is 412. The molecule has 1 fully saturated rings. The van der Waals surface area contributed by atoms with Gasteiger partial charge in [-0.3, -0.25) is 4.68 Å². The van der Waals surface area contributed by atoms with Crippen LogP contribution in [0.15, 0.2) is 0 Å². The van der Waals surface area contributed by atoms with Gasteiger partial charge in [0, 0.05) is 52.5 Å². The van der Waals surface area contributed by atoms with Crippen molar-refractivity contribution in [3.8, 4) is 0 Å². The summed E-state index contributed by atoms with van der Waals surface area (Å²) in [7, 11) is 5.90. The van der Waals surface area contributed by atoms with Crippen LogP contribution in [0.4, 0.5) is 5.82 Å². The van der Waals surface area contributed by atoms with Gasteiger partial charge in [-0.2, -0.15) is 5.10 Å². The Hall–Kier alpha value is -1.07. The van der Waals surface area contributed by atoms with Crippen LogP contribution >= 0.6 is 0 Å². The molecule has 0 amide bonds. The van der Waals surface area contributed by atoms with Crippen molar-refractivity contribution in [3.63, 3.8) is 0 Å². The Morgan fingerprint density at radius 2 is 2.21 bits per heavy atom. The van der Waals surface area contributed by atoms with Crippen molar-refractivity contribution < 1.29 is 4.74 Å². The Morgan fingerprint density at radius 3 is 2.84 bits per heavy atom. The highest BCUT2D eigenvalue weighted by Crippen LogP contribution is 2.25. The van der Waals surface area contributed by atoms with Gasteiger partial charge in [0.1, 0.15) is 5.82 Å². The Labute approximate surface area is 115 Å². The van der Waals surface area contributed by atoms with Gasteiger partial charge in [-0.15, -0.1) is 0 Å². The molecule has 1 aliphatic rings. The molecule has 108 valence electrons. The zero-order valence-electron chi connectivity index (χ0n) is 12.6. The van der Waals surface area contributed by atoms with Crippen LogP contribution in [-0.4, -0.2) is 43.1 Å². The van der Waals surface area contributed by atoms with Crippen molar-refractivity contribution in [1.82, 2.24) is 15.1 Å². The summed E-state index contributed by atoms with van der Waals surface area (Å²) in [4.78, 5) is 2.28. The summed E-state index contributed by atoms with van der Waals surface area (Å²) < 4.78 is 7.11. The molecule has 1 heterocycles. The number of hydrogen-bond acceptors (Lipinski definition) is 4. The Morgan fingerprint density at radius 1 is 1.47 bits per heavy atom. The second-order valence-electron chi connectivity index (χ2n) is 5.43. The van der Waals surface area contributed by atoms with Gasteiger partial charge in [0.25, 0.3) is 0 Å². The third-order valence-electron chi connectivity index (χ3n) is 3.66. The van der Waals surface area contributed by atoms with Gasteiger partial charge in [-0.05, 0) is 26.2 Å². The van der Waals surface area contributed by atoms with E-state index in [4.69, 9.17) is 4.74 Å². The number of anilines is 1. The van der Waals surface area contributed by atoms with Crippen LogP contribution in [-0.2, 0) is 18.3 Å². The fraction of sp³-hybridized carbons (Fsp3) is 0.786. The second kappa shape index (κ2) is 6.39. The summed E-state index contributed by atoms with van der Waals surface area (Å²) >= 11 is 0. The predicted octanol–water partition coefficient (Wildman–Crippen LogP) is 1.45. The minimum absolute atomic E-state index is 0.728. The number of hydrogen-bond donors (Lipinski definition) is 1. The average Bonchev–Trinajstić information content (AvgIpc) is 3.13. The molecule has 19 heavy (non-hydrogen) atoms. The van der Waals surface area contributed by atoms with E-state index in [0.717, 1.165) is 37.9 Å². The zero-order chi connectivity index (χ0) is 13.8. The maximum absolute atomic E-state index is 5.12. The molecule has 0 unspecified atom stereocenters. The zero-order valence-corrected chi connectivity index (χ0v) is 12.6. The van der Waals surface area contributed by atoms with Crippen LogP contribution in [0.1, 0.15) is 30.5 Å². The second-order valence-corrected chi connectivity index (χ2v) is 5.43. The molecule has 5 nitrogen and oxygen atoms in total. The summed E-state index contributed by atoms with van der Waals surface area (Å²) in [5, 5.41) is 8.15. The first-order chi connectivity index (χ1) is 9.13. The quantitative estimate of drug-likeness (QED) is 0.723. The van der Waals surface area contributed by atoms with Gasteiger partial charge in [0.15, 0.2) is 0 Å². The van der Waals surface area contributed by atoms with Crippen LogP contribution in [0.5, 0.6) is 0 Å². The highest BCUT2D eigenvalue weighted by molar-refractivity contribution is 5.49. The van der Waals surface area contributed by atoms with Crippen LogP contribution in [0.2, 0.25) is 0 Å². The largest absolute Gasteiger partial charge is 0.385 e. The Kier molecular flexibility index (Phi) is 4.82. The van der Waals surface area contributed by atoms with E-state index in [1.54, 1.807) is 7.11 Å². The van der Waals surface area contributed by atoms with Crippen LogP contribution in [0.3, 0.4) is 0 Å². The SMILES string of the molecule is COCCCN(C)c1c(CNC2CC2)c(C)nn1C.